The Balaban J connectivity index is 1.78. The molecule has 1 saturated heterocycles. The normalized spacial score (nSPS) is 22.2. The number of esters is 1. The van der Waals surface area contributed by atoms with E-state index in [0.717, 1.165) is 16.3 Å². The van der Waals surface area contributed by atoms with Crippen LogP contribution < -0.4 is 5.32 Å². The molecular formula is C22H21NO4S. The summed E-state index contributed by atoms with van der Waals surface area (Å²) >= 11 is 0. The van der Waals surface area contributed by atoms with Crippen molar-refractivity contribution in [1.29, 1.82) is 0 Å². The molecule has 3 aromatic carbocycles. The first-order chi connectivity index (χ1) is 13.5. The molecule has 1 aliphatic heterocycles. The van der Waals surface area contributed by atoms with Crippen molar-refractivity contribution in [2.24, 2.45) is 0 Å². The maximum absolute atomic E-state index is 13.3. The van der Waals surface area contributed by atoms with Gasteiger partial charge in [-0.25, -0.2) is 8.42 Å². The minimum atomic E-state index is -3.63. The van der Waals surface area contributed by atoms with Crippen molar-refractivity contribution < 1.29 is 17.9 Å². The van der Waals surface area contributed by atoms with E-state index in [1.54, 1.807) is 30.3 Å². The Morgan fingerprint density at radius 1 is 0.964 bits per heavy atom. The van der Waals surface area contributed by atoms with Crippen molar-refractivity contribution in [1.82, 2.24) is 5.32 Å². The van der Waals surface area contributed by atoms with Crippen molar-refractivity contribution in [3.63, 3.8) is 0 Å². The van der Waals surface area contributed by atoms with E-state index in [1.807, 2.05) is 42.5 Å². The van der Waals surface area contributed by atoms with Gasteiger partial charge >= 0.3 is 5.97 Å². The van der Waals surface area contributed by atoms with E-state index in [-0.39, 0.29) is 11.3 Å². The highest BCUT2D eigenvalue weighted by Gasteiger charge is 2.46. The van der Waals surface area contributed by atoms with E-state index >= 15 is 0 Å². The van der Waals surface area contributed by atoms with Gasteiger partial charge in [0.25, 0.3) is 0 Å². The van der Waals surface area contributed by atoms with Gasteiger partial charge in [0, 0.05) is 0 Å². The summed E-state index contributed by atoms with van der Waals surface area (Å²) in [5, 5.41) is 4.54. The molecule has 3 aromatic rings. The molecule has 0 aliphatic carbocycles. The highest BCUT2D eigenvalue weighted by atomic mass is 32.2. The van der Waals surface area contributed by atoms with Gasteiger partial charge in [0.2, 0.25) is 0 Å². The molecule has 0 amide bonds. The molecule has 28 heavy (non-hydrogen) atoms. The molecule has 0 spiro atoms. The lowest BCUT2D eigenvalue weighted by molar-refractivity contribution is -0.142. The summed E-state index contributed by atoms with van der Waals surface area (Å²) in [5.41, 5.74) is 0.842. The Morgan fingerprint density at radius 2 is 1.64 bits per heavy atom. The molecule has 0 unspecified atom stereocenters. The van der Waals surface area contributed by atoms with Crippen LogP contribution in [0.1, 0.15) is 18.0 Å². The first-order valence-electron chi connectivity index (χ1n) is 9.12. The van der Waals surface area contributed by atoms with Gasteiger partial charge in [-0.1, -0.05) is 54.6 Å². The third kappa shape index (κ3) is 3.30. The molecule has 4 rings (SSSR count). The molecule has 1 aliphatic rings. The van der Waals surface area contributed by atoms with Gasteiger partial charge in [-0.2, -0.15) is 0 Å². The van der Waals surface area contributed by atoms with Gasteiger partial charge < -0.3 is 4.74 Å². The highest BCUT2D eigenvalue weighted by Crippen LogP contribution is 2.36. The molecular weight excluding hydrogens is 374 g/mol. The average molecular weight is 395 g/mol. The number of sulfone groups is 1. The van der Waals surface area contributed by atoms with Crippen molar-refractivity contribution in [3.05, 3.63) is 78.4 Å². The summed E-state index contributed by atoms with van der Waals surface area (Å²) in [4.78, 5) is 12.4. The lowest BCUT2D eigenvalue weighted by Crippen LogP contribution is -2.33. The van der Waals surface area contributed by atoms with Crippen molar-refractivity contribution in [2.45, 2.75) is 28.6 Å². The van der Waals surface area contributed by atoms with Crippen molar-refractivity contribution in [3.8, 4) is 0 Å². The maximum atomic E-state index is 13.3. The van der Waals surface area contributed by atoms with Crippen LogP contribution in [0.5, 0.6) is 0 Å². The highest BCUT2D eigenvalue weighted by molar-refractivity contribution is 7.92. The number of ether oxygens (including phenoxy) is 1. The summed E-state index contributed by atoms with van der Waals surface area (Å²) in [6.45, 7) is 0. The van der Waals surface area contributed by atoms with E-state index in [4.69, 9.17) is 4.74 Å². The second-order valence-electron chi connectivity index (χ2n) is 6.96. The Kier molecular flexibility index (Phi) is 4.91. The maximum Gasteiger partial charge on any atom is 0.322 e. The number of carbonyl (C=O) groups is 1. The molecule has 3 atom stereocenters. The molecule has 0 radical (unpaired) electrons. The van der Waals surface area contributed by atoms with Crippen LogP contribution >= 0.6 is 0 Å². The van der Waals surface area contributed by atoms with Gasteiger partial charge in [-0.15, -0.1) is 0 Å². The fourth-order valence-corrected chi connectivity index (χ4v) is 5.80. The second kappa shape index (κ2) is 7.37. The molecule has 0 aromatic heterocycles. The minimum absolute atomic E-state index is 0.168. The van der Waals surface area contributed by atoms with Crippen LogP contribution in [0.3, 0.4) is 0 Å². The van der Waals surface area contributed by atoms with Crippen LogP contribution in [-0.4, -0.2) is 32.8 Å². The molecule has 1 N–H and O–H groups in total. The third-order valence-electron chi connectivity index (χ3n) is 5.31. The predicted octanol–water partition coefficient (Wildman–Crippen LogP) is 3.26. The number of rotatable bonds is 4. The zero-order valence-electron chi connectivity index (χ0n) is 15.4. The van der Waals surface area contributed by atoms with Crippen LogP contribution in [0.15, 0.2) is 77.7 Å². The first-order valence-corrected chi connectivity index (χ1v) is 10.7. The van der Waals surface area contributed by atoms with E-state index in [1.165, 1.54) is 7.11 Å². The second-order valence-corrected chi connectivity index (χ2v) is 9.13. The summed E-state index contributed by atoms with van der Waals surface area (Å²) in [6, 6.07) is 21.0. The molecule has 1 fully saturated rings. The van der Waals surface area contributed by atoms with Crippen LogP contribution in [-0.2, 0) is 19.4 Å². The lowest BCUT2D eigenvalue weighted by Gasteiger charge is -2.21. The Labute approximate surface area is 164 Å². The zero-order chi connectivity index (χ0) is 19.7. The molecule has 6 heteroatoms. The molecule has 5 nitrogen and oxygen atoms in total. The fraction of sp³-hybridized carbons (Fsp3) is 0.227. The first kappa shape index (κ1) is 18.7. The summed E-state index contributed by atoms with van der Waals surface area (Å²) in [5.74, 6) is -0.448. The fourth-order valence-electron chi connectivity index (χ4n) is 3.87. The Bertz CT molecular complexity index is 1110. The lowest BCUT2D eigenvalue weighted by atomic mass is 10.0. The number of hydrogen-bond donors (Lipinski definition) is 1. The van der Waals surface area contributed by atoms with Gasteiger partial charge in [-0.3, -0.25) is 10.1 Å². The number of carbonyl (C=O) groups excluding carboxylic acids is 1. The van der Waals surface area contributed by atoms with E-state index in [0.29, 0.717) is 0 Å². The SMILES string of the molecule is COC(=O)[C@H]1C[C@H](S(=O)(=O)c2ccccc2)[C@@H](c2ccc3ccccc3c2)N1. The average Bonchev–Trinajstić information content (AvgIpc) is 3.20. The predicted molar refractivity (Wildman–Crippen MR) is 108 cm³/mol. The minimum Gasteiger partial charge on any atom is -0.468 e. The topological polar surface area (TPSA) is 72.5 Å². The van der Waals surface area contributed by atoms with Crippen LogP contribution in [0, 0.1) is 0 Å². The Hall–Kier alpha value is -2.70. The standard InChI is InChI=1S/C22H21NO4S/c1-27-22(24)19-14-20(28(25,26)18-9-3-2-4-10-18)21(23-19)17-12-11-15-7-5-6-8-16(15)13-17/h2-13,19-21,23H,14H2,1H3/t19-,20+,21-/m1/s1. The molecule has 0 bridgehead atoms. The van der Waals surface area contributed by atoms with Crippen molar-refractivity contribution >= 4 is 26.6 Å². The van der Waals surface area contributed by atoms with E-state index in [2.05, 4.69) is 5.32 Å². The van der Waals surface area contributed by atoms with E-state index in [9.17, 15) is 13.2 Å². The summed E-state index contributed by atoms with van der Waals surface area (Å²) in [6.07, 6.45) is 0.168. The number of benzene rings is 3. The third-order valence-corrected chi connectivity index (χ3v) is 7.50. The number of fused-ring (bicyclic) bond motifs is 1. The van der Waals surface area contributed by atoms with Crippen molar-refractivity contribution in [2.75, 3.05) is 7.11 Å². The van der Waals surface area contributed by atoms with E-state index < -0.39 is 33.1 Å². The van der Waals surface area contributed by atoms with Crippen LogP contribution in [0.2, 0.25) is 0 Å². The summed E-state index contributed by atoms with van der Waals surface area (Å²) < 4.78 is 31.6. The smallest absolute Gasteiger partial charge is 0.322 e. The summed E-state index contributed by atoms with van der Waals surface area (Å²) in [7, 11) is -2.32. The number of nitrogens with one attached hydrogen (secondary N) is 1. The molecule has 1 heterocycles. The van der Waals surface area contributed by atoms with Gasteiger partial charge in [0.1, 0.15) is 6.04 Å². The zero-order valence-corrected chi connectivity index (χ0v) is 16.2. The van der Waals surface area contributed by atoms with Crippen LogP contribution in [0.25, 0.3) is 10.8 Å². The largest absolute Gasteiger partial charge is 0.468 e. The van der Waals surface area contributed by atoms with Crippen LogP contribution in [0.4, 0.5) is 0 Å². The number of hydrogen-bond acceptors (Lipinski definition) is 5. The quantitative estimate of drug-likeness (QED) is 0.687. The van der Waals surface area contributed by atoms with Gasteiger partial charge in [0.15, 0.2) is 9.84 Å². The Morgan fingerprint density at radius 3 is 2.36 bits per heavy atom. The number of methoxy groups -OCH3 is 1. The molecule has 0 saturated carbocycles. The van der Waals surface area contributed by atoms with Gasteiger partial charge in [-0.05, 0) is 41.0 Å². The monoisotopic (exact) mass is 395 g/mol. The molecule has 144 valence electrons. The van der Waals surface area contributed by atoms with Gasteiger partial charge in [0.05, 0.1) is 23.3 Å².